The van der Waals surface area contributed by atoms with Crippen LogP contribution in [-0.4, -0.2) is 16.8 Å². The number of nitrogens with zero attached hydrogens (tertiary/aromatic N) is 1. The highest BCUT2D eigenvalue weighted by Crippen LogP contribution is 2.21. The summed E-state index contributed by atoms with van der Waals surface area (Å²) in [6.45, 7) is 0. The van der Waals surface area contributed by atoms with Gasteiger partial charge in [-0.05, 0) is 72.1 Å². The normalized spacial score (nSPS) is 10.3. The Balaban J connectivity index is 1.34. The molecule has 2 amide bonds. The van der Waals surface area contributed by atoms with E-state index in [2.05, 4.69) is 15.6 Å². The molecule has 2 heterocycles. The largest absolute Gasteiger partial charge is 0.456 e. The highest BCUT2D eigenvalue weighted by Gasteiger charge is 2.09. The molecule has 0 atom stereocenters. The van der Waals surface area contributed by atoms with Gasteiger partial charge in [0.15, 0.2) is 0 Å². The van der Waals surface area contributed by atoms with Crippen LogP contribution < -0.4 is 15.4 Å². The van der Waals surface area contributed by atoms with Gasteiger partial charge in [-0.15, -0.1) is 11.3 Å². The highest BCUT2D eigenvalue weighted by molar-refractivity contribution is 7.12. The van der Waals surface area contributed by atoms with E-state index in [4.69, 9.17) is 4.74 Å². The lowest BCUT2D eigenvalue weighted by molar-refractivity contribution is 0.102. The van der Waals surface area contributed by atoms with Gasteiger partial charge < -0.3 is 15.4 Å². The molecule has 2 aromatic carbocycles. The zero-order valence-electron chi connectivity index (χ0n) is 15.7. The molecule has 4 aromatic rings. The van der Waals surface area contributed by atoms with Gasteiger partial charge >= 0.3 is 0 Å². The third-order valence-electron chi connectivity index (χ3n) is 4.13. The number of thiophene rings is 1. The number of hydrogen-bond donors (Lipinski definition) is 2. The molecule has 30 heavy (non-hydrogen) atoms. The summed E-state index contributed by atoms with van der Waals surface area (Å²) in [5, 5.41) is 7.51. The zero-order valence-corrected chi connectivity index (χ0v) is 16.6. The Hall–Kier alpha value is -3.97. The van der Waals surface area contributed by atoms with Gasteiger partial charge in [-0.1, -0.05) is 6.07 Å². The number of carbonyl (C=O) groups is 2. The second kappa shape index (κ2) is 9.02. The lowest BCUT2D eigenvalue weighted by Crippen LogP contribution is -2.12. The van der Waals surface area contributed by atoms with Crippen molar-refractivity contribution in [1.82, 2.24) is 4.98 Å². The fraction of sp³-hybridized carbons (Fsp3) is 0. The summed E-state index contributed by atoms with van der Waals surface area (Å²) in [6, 6.07) is 21.0. The van der Waals surface area contributed by atoms with E-state index in [0.29, 0.717) is 33.3 Å². The molecule has 0 aliphatic rings. The summed E-state index contributed by atoms with van der Waals surface area (Å²) in [7, 11) is 0. The number of benzene rings is 2. The fourth-order valence-electron chi connectivity index (χ4n) is 2.66. The minimum atomic E-state index is -0.238. The molecule has 6 nitrogen and oxygen atoms in total. The predicted molar refractivity (Wildman–Crippen MR) is 117 cm³/mol. The third kappa shape index (κ3) is 4.89. The minimum Gasteiger partial charge on any atom is -0.456 e. The molecule has 0 bridgehead atoms. The fourth-order valence-corrected chi connectivity index (χ4v) is 3.28. The maximum Gasteiger partial charge on any atom is 0.265 e. The van der Waals surface area contributed by atoms with Crippen molar-refractivity contribution >= 4 is 34.5 Å². The van der Waals surface area contributed by atoms with Gasteiger partial charge in [-0.3, -0.25) is 14.6 Å². The van der Waals surface area contributed by atoms with Crippen molar-refractivity contribution in [1.29, 1.82) is 0 Å². The van der Waals surface area contributed by atoms with Crippen molar-refractivity contribution in [2.24, 2.45) is 0 Å². The van der Waals surface area contributed by atoms with Crippen LogP contribution in [-0.2, 0) is 0 Å². The highest BCUT2D eigenvalue weighted by atomic mass is 32.1. The summed E-state index contributed by atoms with van der Waals surface area (Å²) in [5.74, 6) is 0.847. The summed E-state index contributed by atoms with van der Waals surface area (Å²) >= 11 is 1.38. The number of ether oxygens (including phenoxy) is 1. The van der Waals surface area contributed by atoms with Gasteiger partial charge in [0.1, 0.15) is 11.5 Å². The SMILES string of the molecule is O=C(Nc1ccc(NC(=O)c2cccs2)cc1)c1ccc(Oc2cccnc2)cc1. The summed E-state index contributed by atoms with van der Waals surface area (Å²) in [5.41, 5.74) is 1.79. The Bertz CT molecular complexity index is 1130. The van der Waals surface area contributed by atoms with Gasteiger partial charge in [0.05, 0.1) is 11.1 Å². The molecule has 0 saturated carbocycles. The molecule has 0 unspecified atom stereocenters. The minimum absolute atomic E-state index is 0.157. The van der Waals surface area contributed by atoms with Crippen molar-refractivity contribution in [2.45, 2.75) is 0 Å². The molecule has 4 rings (SSSR count). The molecule has 0 spiro atoms. The Kier molecular flexibility index (Phi) is 5.82. The van der Waals surface area contributed by atoms with Crippen LogP contribution in [0.2, 0.25) is 0 Å². The van der Waals surface area contributed by atoms with Crippen LogP contribution in [0.3, 0.4) is 0 Å². The van der Waals surface area contributed by atoms with Gasteiger partial charge in [0.25, 0.3) is 11.8 Å². The number of anilines is 2. The van der Waals surface area contributed by atoms with Gasteiger partial charge in [0.2, 0.25) is 0 Å². The summed E-state index contributed by atoms with van der Waals surface area (Å²) in [4.78, 5) is 29.2. The Morgan fingerprint density at radius 2 is 1.47 bits per heavy atom. The average Bonchev–Trinajstić information content (AvgIpc) is 3.31. The lowest BCUT2D eigenvalue weighted by Gasteiger charge is -2.09. The molecule has 2 aromatic heterocycles. The first-order chi connectivity index (χ1) is 14.7. The molecule has 0 saturated heterocycles. The molecule has 0 aliphatic carbocycles. The first kappa shape index (κ1) is 19.4. The first-order valence-corrected chi connectivity index (χ1v) is 9.99. The average molecular weight is 415 g/mol. The van der Waals surface area contributed by atoms with Crippen molar-refractivity contribution in [3.63, 3.8) is 0 Å². The maximum atomic E-state index is 12.5. The summed E-state index contributed by atoms with van der Waals surface area (Å²) < 4.78 is 5.67. The molecule has 0 radical (unpaired) electrons. The molecular formula is C23H17N3O3S. The van der Waals surface area contributed by atoms with Crippen LogP contribution in [0.5, 0.6) is 11.5 Å². The van der Waals surface area contributed by atoms with Crippen LogP contribution in [0.1, 0.15) is 20.0 Å². The predicted octanol–water partition coefficient (Wildman–Crippen LogP) is 5.44. The Morgan fingerprint density at radius 3 is 2.07 bits per heavy atom. The number of amides is 2. The standard InChI is InChI=1S/C23H17N3O3S/c27-22(16-5-11-19(12-6-16)29-20-3-1-13-24-15-20)25-17-7-9-18(10-8-17)26-23(28)21-4-2-14-30-21/h1-15H,(H,25,27)(H,26,28). The van der Waals surface area contributed by atoms with Crippen LogP contribution in [0.25, 0.3) is 0 Å². The lowest BCUT2D eigenvalue weighted by atomic mass is 10.2. The number of rotatable bonds is 6. The van der Waals surface area contributed by atoms with Crippen molar-refractivity contribution in [3.05, 3.63) is 101 Å². The second-order valence-electron chi connectivity index (χ2n) is 6.28. The number of hydrogen-bond acceptors (Lipinski definition) is 5. The van der Waals surface area contributed by atoms with Crippen LogP contribution in [0.15, 0.2) is 90.6 Å². The molecular weight excluding hydrogens is 398 g/mol. The topological polar surface area (TPSA) is 80.3 Å². The van der Waals surface area contributed by atoms with E-state index >= 15 is 0 Å². The quantitative estimate of drug-likeness (QED) is 0.439. The van der Waals surface area contributed by atoms with Gasteiger partial charge in [0, 0.05) is 23.1 Å². The zero-order chi connectivity index (χ0) is 20.8. The van der Waals surface area contributed by atoms with E-state index in [1.165, 1.54) is 11.3 Å². The van der Waals surface area contributed by atoms with E-state index in [-0.39, 0.29) is 11.8 Å². The number of aromatic nitrogens is 1. The smallest absolute Gasteiger partial charge is 0.265 e. The van der Waals surface area contributed by atoms with Crippen molar-refractivity contribution < 1.29 is 14.3 Å². The van der Waals surface area contributed by atoms with E-state index in [1.807, 2.05) is 11.4 Å². The third-order valence-corrected chi connectivity index (χ3v) is 5.00. The van der Waals surface area contributed by atoms with Crippen LogP contribution in [0.4, 0.5) is 11.4 Å². The maximum absolute atomic E-state index is 12.5. The summed E-state index contributed by atoms with van der Waals surface area (Å²) in [6.07, 6.45) is 3.29. The van der Waals surface area contributed by atoms with E-state index in [9.17, 15) is 9.59 Å². The van der Waals surface area contributed by atoms with E-state index in [1.54, 1.807) is 79.1 Å². The molecule has 2 N–H and O–H groups in total. The first-order valence-electron chi connectivity index (χ1n) is 9.11. The van der Waals surface area contributed by atoms with E-state index in [0.717, 1.165) is 0 Å². The number of pyridine rings is 1. The Labute approximate surface area is 177 Å². The Morgan fingerprint density at radius 1 is 0.767 bits per heavy atom. The van der Waals surface area contributed by atoms with Gasteiger partial charge in [-0.25, -0.2) is 0 Å². The van der Waals surface area contributed by atoms with Crippen LogP contribution in [0, 0.1) is 0 Å². The van der Waals surface area contributed by atoms with E-state index < -0.39 is 0 Å². The number of nitrogens with one attached hydrogen (secondary N) is 2. The molecule has 148 valence electrons. The molecule has 7 heteroatoms. The van der Waals surface area contributed by atoms with Gasteiger partial charge in [-0.2, -0.15) is 0 Å². The number of carbonyl (C=O) groups excluding carboxylic acids is 2. The monoisotopic (exact) mass is 415 g/mol. The van der Waals surface area contributed by atoms with Crippen LogP contribution >= 0.6 is 11.3 Å². The molecule has 0 fully saturated rings. The second-order valence-corrected chi connectivity index (χ2v) is 7.23. The molecule has 0 aliphatic heterocycles. The van der Waals surface area contributed by atoms with Crippen molar-refractivity contribution in [3.8, 4) is 11.5 Å². The van der Waals surface area contributed by atoms with Crippen molar-refractivity contribution in [2.75, 3.05) is 10.6 Å².